The van der Waals surface area contributed by atoms with Crippen molar-refractivity contribution in [2.75, 3.05) is 18.9 Å². The summed E-state index contributed by atoms with van der Waals surface area (Å²) < 4.78 is 33.6. The number of benzene rings is 1. The summed E-state index contributed by atoms with van der Waals surface area (Å²) in [4.78, 5) is 25.2. The monoisotopic (exact) mass is 605 g/mol. The lowest BCUT2D eigenvalue weighted by Gasteiger charge is -2.37. The molecule has 2 N–H and O–H groups in total. The maximum absolute atomic E-state index is 12.5. The molecule has 1 aliphatic rings. The van der Waals surface area contributed by atoms with Crippen molar-refractivity contribution in [3.05, 3.63) is 41.9 Å². The molecule has 4 rings (SSSR count). The van der Waals surface area contributed by atoms with E-state index in [-0.39, 0.29) is 37.5 Å². The largest absolute Gasteiger partial charge is 0.513 e. The molecule has 0 aliphatic carbocycles. The third-order valence-electron chi connectivity index (χ3n) is 6.15. The lowest BCUT2D eigenvalue weighted by Crippen LogP contribution is -2.37. The minimum Gasteiger partial charge on any atom is -0.431 e. The van der Waals surface area contributed by atoms with Crippen LogP contribution in [-0.4, -0.2) is 67.9 Å². The molecule has 1 fully saturated rings. The van der Waals surface area contributed by atoms with Gasteiger partial charge in [-0.25, -0.2) is 24.4 Å². The summed E-state index contributed by atoms with van der Waals surface area (Å²) in [6.45, 7) is 8.27. The van der Waals surface area contributed by atoms with E-state index in [4.69, 9.17) is 45.9 Å². The summed E-state index contributed by atoms with van der Waals surface area (Å²) in [6.07, 6.45) is 0.857. The Morgan fingerprint density at radius 2 is 1.98 bits per heavy atom. The Morgan fingerprint density at radius 1 is 1.24 bits per heavy atom. The highest BCUT2D eigenvalue weighted by atomic mass is 35.5. The predicted molar refractivity (Wildman–Crippen MR) is 152 cm³/mol. The number of carbonyl (C=O) groups excluding carboxylic acids is 1. The number of imidazole rings is 1. The molecule has 4 atom stereocenters. The highest BCUT2D eigenvalue weighted by Gasteiger charge is 2.42. The molecule has 3 aromatic rings. The molecule has 1 saturated heterocycles. The van der Waals surface area contributed by atoms with Crippen molar-refractivity contribution < 1.29 is 28.1 Å². The Balaban J connectivity index is 1.55. The van der Waals surface area contributed by atoms with Gasteiger partial charge in [0.15, 0.2) is 11.5 Å². The number of nitrogens with zero attached hydrogens (tertiary/aromatic N) is 6. The van der Waals surface area contributed by atoms with Crippen LogP contribution in [0.1, 0.15) is 46.8 Å². The van der Waals surface area contributed by atoms with Crippen LogP contribution in [0, 0.1) is 11.3 Å². The fraction of sp³-hybridized carbons (Fsp3) is 0.500. The molecule has 3 heterocycles. The van der Waals surface area contributed by atoms with Crippen LogP contribution >= 0.6 is 20.1 Å². The summed E-state index contributed by atoms with van der Waals surface area (Å²) in [5.74, 6) is 0.543. The number of nitrogen functional groups attached to an aromatic ring is 1. The molecule has 1 aromatic carbocycles. The molecule has 0 bridgehead atoms. The maximum Gasteiger partial charge on any atom is 0.513 e. The first-order valence-electron chi connectivity index (χ1n) is 13.1. The number of nitriles is 1. The first kappa shape index (κ1) is 30.8. The predicted octanol–water partition coefficient (Wildman–Crippen LogP) is 5.23. The molecule has 0 spiro atoms. The molecular formula is C26H33ClN7O6P. The maximum atomic E-state index is 12.5. The number of aromatic nitrogens is 4. The zero-order valence-electron chi connectivity index (χ0n) is 23.2. The van der Waals surface area contributed by atoms with E-state index in [0.29, 0.717) is 28.4 Å². The molecule has 1 aliphatic heterocycles. The summed E-state index contributed by atoms with van der Waals surface area (Å²) in [5, 5.41) is 9.57. The fourth-order valence-electron chi connectivity index (χ4n) is 4.40. The van der Waals surface area contributed by atoms with Crippen molar-refractivity contribution in [2.45, 2.75) is 71.1 Å². The van der Waals surface area contributed by atoms with Crippen LogP contribution in [0.4, 0.5) is 10.6 Å². The molecule has 15 heteroatoms. The summed E-state index contributed by atoms with van der Waals surface area (Å²) >= 11 is 5.90. The van der Waals surface area contributed by atoms with Crippen LogP contribution in [-0.2, 0) is 18.5 Å². The van der Waals surface area contributed by atoms with Gasteiger partial charge in [-0.3, -0.25) is 4.57 Å². The Labute approximate surface area is 244 Å². The topological polar surface area (TPSA) is 160 Å². The van der Waals surface area contributed by atoms with Crippen molar-refractivity contribution in [3.63, 3.8) is 0 Å². The van der Waals surface area contributed by atoms with Crippen molar-refractivity contribution in [2.24, 2.45) is 0 Å². The molecule has 0 amide bonds. The summed E-state index contributed by atoms with van der Waals surface area (Å²) in [7, 11) is -1.59. The van der Waals surface area contributed by atoms with Gasteiger partial charge in [-0.1, -0.05) is 11.6 Å². The van der Waals surface area contributed by atoms with Crippen molar-refractivity contribution in [3.8, 4) is 11.8 Å². The van der Waals surface area contributed by atoms with E-state index in [1.54, 1.807) is 35.2 Å². The first-order valence-corrected chi connectivity index (χ1v) is 14.6. The summed E-state index contributed by atoms with van der Waals surface area (Å²) in [6, 6.07) is 8.64. The second kappa shape index (κ2) is 14.2. The Kier molecular flexibility index (Phi) is 10.7. The smallest absolute Gasteiger partial charge is 0.431 e. The molecule has 2 aromatic heterocycles. The number of anilines is 1. The van der Waals surface area contributed by atoms with Gasteiger partial charge < -0.3 is 29.0 Å². The number of hydrogen-bond donors (Lipinski definition) is 1. The zero-order chi connectivity index (χ0) is 29.5. The van der Waals surface area contributed by atoms with Gasteiger partial charge in [0, 0.05) is 23.5 Å². The van der Waals surface area contributed by atoms with E-state index in [1.165, 1.54) is 6.33 Å². The third kappa shape index (κ3) is 7.80. The van der Waals surface area contributed by atoms with Gasteiger partial charge in [0.2, 0.25) is 0 Å². The normalized spacial score (nSPS) is 19.6. The van der Waals surface area contributed by atoms with Crippen molar-refractivity contribution in [1.82, 2.24) is 24.2 Å². The van der Waals surface area contributed by atoms with E-state index in [2.05, 4.69) is 53.4 Å². The van der Waals surface area contributed by atoms with Crippen LogP contribution in [0.3, 0.4) is 0 Å². The van der Waals surface area contributed by atoms with E-state index < -0.39 is 33.1 Å². The van der Waals surface area contributed by atoms with Crippen molar-refractivity contribution in [1.29, 1.82) is 5.26 Å². The lowest BCUT2D eigenvalue weighted by molar-refractivity contribution is -0.0493. The van der Waals surface area contributed by atoms with Gasteiger partial charge in [-0.2, -0.15) is 5.26 Å². The van der Waals surface area contributed by atoms with E-state index in [0.717, 1.165) is 0 Å². The number of nitrogens with two attached hydrogens (primary N) is 1. The molecule has 41 heavy (non-hydrogen) atoms. The number of rotatable bonds is 12. The van der Waals surface area contributed by atoms with Crippen LogP contribution in [0.2, 0.25) is 5.02 Å². The van der Waals surface area contributed by atoms with E-state index >= 15 is 0 Å². The molecule has 220 valence electrons. The van der Waals surface area contributed by atoms with Gasteiger partial charge in [-0.05, 0) is 52.0 Å². The molecule has 0 radical (unpaired) electrons. The Morgan fingerprint density at radius 3 is 2.66 bits per heavy atom. The number of hydrogen-bond acceptors (Lipinski definition) is 12. The minimum atomic E-state index is -1.59. The first-order chi connectivity index (χ1) is 19.7. The highest BCUT2D eigenvalue weighted by Crippen LogP contribution is 2.50. The fourth-order valence-corrected chi connectivity index (χ4v) is 6.29. The number of carbonyl (C=O) groups is 1. The number of fused-ring (bicyclic) bond motifs is 1. The standard InChI is InChI=1S/C26H33ClN7O6P/c1-16(2)34(17(3)4)41(37-11-5-10-28)40-20-12-22(33-15-32-23-24(29)30-14-31-25(23)33)39-21(20)13-36-26(35)38-19-8-6-18(27)7-9-19/h6-9,14-17,20-22H,5,11-13H2,1-4H3,(H2,29,30,31)/t20-,21+,22+,41?/m0/s1. The van der Waals surface area contributed by atoms with Gasteiger partial charge in [0.25, 0.3) is 8.53 Å². The second-order valence-electron chi connectivity index (χ2n) is 9.76. The van der Waals surface area contributed by atoms with E-state index in [9.17, 15) is 4.79 Å². The Bertz CT molecular complexity index is 1340. The van der Waals surface area contributed by atoms with Gasteiger partial charge in [0.05, 0.1) is 31.5 Å². The van der Waals surface area contributed by atoms with Gasteiger partial charge >= 0.3 is 6.16 Å². The van der Waals surface area contributed by atoms with Crippen molar-refractivity contribution >= 4 is 43.3 Å². The molecule has 0 saturated carbocycles. The molecule has 1 unspecified atom stereocenters. The summed E-state index contributed by atoms with van der Waals surface area (Å²) in [5.41, 5.74) is 6.93. The highest BCUT2D eigenvalue weighted by molar-refractivity contribution is 7.44. The van der Waals surface area contributed by atoms with Crippen LogP contribution < -0.4 is 10.5 Å². The quantitative estimate of drug-likeness (QED) is 0.124. The van der Waals surface area contributed by atoms with E-state index in [1.807, 2.05) is 0 Å². The minimum absolute atomic E-state index is 0.0997. The van der Waals surface area contributed by atoms with Gasteiger partial charge in [-0.15, -0.1) is 0 Å². The number of ether oxygens (including phenoxy) is 3. The SMILES string of the molecule is CC(C)N(C(C)C)P(OCCC#N)O[C@H]1C[C@H](n2cnc3c(N)ncnc32)O[C@@H]1COC(=O)Oc1ccc(Cl)cc1. The Hall–Kier alpha value is -3.11. The molecular weight excluding hydrogens is 573 g/mol. The average Bonchev–Trinajstić information content (AvgIpc) is 3.53. The number of halogens is 1. The van der Waals surface area contributed by atoms with Gasteiger partial charge in [0.1, 0.15) is 36.5 Å². The van der Waals surface area contributed by atoms with Crippen LogP contribution in [0.25, 0.3) is 11.2 Å². The van der Waals surface area contributed by atoms with Crippen LogP contribution in [0.15, 0.2) is 36.9 Å². The van der Waals surface area contributed by atoms with Crippen LogP contribution in [0.5, 0.6) is 5.75 Å². The lowest BCUT2D eigenvalue weighted by atomic mass is 10.2. The zero-order valence-corrected chi connectivity index (χ0v) is 24.9. The average molecular weight is 606 g/mol. The second-order valence-corrected chi connectivity index (χ2v) is 11.6. The third-order valence-corrected chi connectivity index (χ3v) is 8.55. The molecule has 13 nitrogen and oxygen atoms in total.